The molecule has 0 saturated heterocycles. The Labute approximate surface area is 171 Å². The third kappa shape index (κ3) is 10.2. The fourth-order valence-electron chi connectivity index (χ4n) is 3.23. The van der Waals surface area contributed by atoms with E-state index in [4.69, 9.17) is 4.74 Å². The molecule has 0 aliphatic carbocycles. The van der Waals surface area contributed by atoms with E-state index in [1.165, 1.54) is 50.3 Å². The second-order valence-electron chi connectivity index (χ2n) is 7.50. The number of hydrogen-bond acceptors (Lipinski definition) is 4. The molecule has 154 valence electrons. The minimum atomic E-state index is -0.231. The summed E-state index contributed by atoms with van der Waals surface area (Å²) in [6.07, 6.45) is 8.42. The molecule has 4 heteroatoms. The Bertz CT molecular complexity index is 516. The highest BCUT2D eigenvalue weighted by molar-refractivity contribution is 7.99. The molecule has 0 spiro atoms. The molecule has 0 heterocycles. The van der Waals surface area contributed by atoms with Crippen molar-refractivity contribution >= 4 is 17.7 Å². The zero-order valence-corrected chi connectivity index (χ0v) is 18.7. The standard InChI is InChI=1S/C23H39NO2S/c1-6-8-9-10-11-12-17-24-22(7-2)23(26-19(5)25)20-13-15-21(16-14-20)27-18(3)4/h13-16,18,22-24H,6-12,17H2,1-5H3. The topological polar surface area (TPSA) is 38.3 Å². The predicted molar refractivity (Wildman–Crippen MR) is 117 cm³/mol. The van der Waals surface area contributed by atoms with Crippen LogP contribution in [0.3, 0.4) is 0 Å². The summed E-state index contributed by atoms with van der Waals surface area (Å²) in [4.78, 5) is 12.9. The van der Waals surface area contributed by atoms with Gasteiger partial charge in [-0.2, -0.15) is 0 Å². The van der Waals surface area contributed by atoms with Gasteiger partial charge in [0, 0.05) is 23.1 Å². The monoisotopic (exact) mass is 393 g/mol. The van der Waals surface area contributed by atoms with Crippen molar-refractivity contribution in [1.82, 2.24) is 5.32 Å². The van der Waals surface area contributed by atoms with E-state index < -0.39 is 0 Å². The summed E-state index contributed by atoms with van der Waals surface area (Å²) in [5.74, 6) is -0.222. The van der Waals surface area contributed by atoms with E-state index in [9.17, 15) is 4.79 Å². The van der Waals surface area contributed by atoms with Gasteiger partial charge >= 0.3 is 5.97 Å². The Hall–Kier alpha value is -1.00. The lowest BCUT2D eigenvalue weighted by atomic mass is 9.99. The van der Waals surface area contributed by atoms with Crippen LogP contribution in [0.5, 0.6) is 0 Å². The van der Waals surface area contributed by atoms with Crippen LogP contribution in [-0.2, 0) is 9.53 Å². The van der Waals surface area contributed by atoms with Crippen LogP contribution in [0.1, 0.15) is 91.2 Å². The molecular formula is C23H39NO2S. The number of thioether (sulfide) groups is 1. The number of unbranched alkanes of at least 4 members (excludes halogenated alkanes) is 5. The average molecular weight is 394 g/mol. The van der Waals surface area contributed by atoms with Crippen molar-refractivity contribution in [3.63, 3.8) is 0 Å². The number of carbonyl (C=O) groups is 1. The van der Waals surface area contributed by atoms with E-state index >= 15 is 0 Å². The van der Waals surface area contributed by atoms with E-state index in [0.717, 1.165) is 18.5 Å². The van der Waals surface area contributed by atoms with Gasteiger partial charge in [-0.3, -0.25) is 4.79 Å². The van der Waals surface area contributed by atoms with Gasteiger partial charge in [0.2, 0.25) is 0 Å². The molecule has 0 aliphatic rings. The van der Waals surface area contributed by atoms with Crippen molar-refractivity contribution in [2.75, 3.05) is 6.54 Å². The zero-order chi connectivity index (χ0) is 20.1. The van der Waals surface area contributed by atoms with E-state index in [2.05, 4.69) is 57.3 Å². The quantitative estimate of drug-likeness (QED) is 0.222. The van der Waals surface area contributed by atoms with Crippen molar-refractivity contribution in [3.05, 3.63) is 29.8 Å². The molecular weight excluding hydrogens is 354 g/mol. The Kier molecular flexibility index (Phi) is 12.5. The summed E-state index contributed by atoms with van der Waals surface area (Å²) in [5.41, 5.74) is 1.07. The predicted octanol–water partition coefficient (Wildman–Crippen LogP) is 6.52. The summed E-state index contributed by atoms with van der Waals surface area (Å²) >= 11 is 1.85. The third-order valence-electron chi connectivity index (χ3n) is 4.62. The number of rotatable bonds is 14. The molecule has 1 rings (SSSR count). The minimum Gasteiger partial charge on any atom is -0.456 e. The van der Waals surface area contributed by atoms with Gasteiger partial charge in [-0.25, -0.2) is 0 Å². The molecule has 0 amide bonds. The molecule has 1 N–H and O–H groups in total. The first-order chi connectivity index (χ1) is 13.0. The summed E-state index contributed by atoms with van der Waals surface area (Å²) in [6, 6.07) is 8.63. The van der Waals surface area contributed by atoms with Crippen LogP contribution in [-0.4, -0.2) is 23.8 Å². The van der Waals surface area contributed by atoms with Gasteiger partial charge in [-0.1, -0.05) is 71.9 Å². The molecule has 0 radical (unpaired) electrons. The number of esters is 1. The number of ether oxygens (including phenoxy) is 1. The summed E-state index contributed by atoms with van der Waals surface area (Å²) < 4.78 is 5.71. The van der Waals surface area contributed by atoms with Crippen molar-refractivity contribution in [2.45, 2.75) is 102 Å². The van der Waals surface area contributed by atoms with Gasteiger partial charge in [0.25, 0.3) is 0 Å². The molecule has 0 bridgehead atoms. The third-order valence-corrected chi connectivity index (χ3v) is 5.63. The van der Waals surface area contributed by atoms with Gasteiger partial charge in [0.05, 0.1) is 0 Å². The molecule has 1 aromatic carbocycles. The molecule has 3 nitrogen and oxygen atoms in total. The highest BCUT2D eigenvalue weighted by Gasteiger charge is 2.24. The lowest BCUT2D eigenvalue weighted by Gasteiger charge is -2.27. The lowest BCUT2D eigenvalue weighted by molar-refractivity contribution is -0.148. The molecule has 0 saturated carbocycles. The minimum absolute atomic E-state index is 0.146. The summed E-state index contributed by atoms with van der Waals surface area (Å²) in [6.45, 7) is 11.3. The fraction of sp³-hybridized carbons (Fsp3) is 0.696. The largest absolute Gasteiger partial charge is 0.456 e. The smallest absolute Gasteiger partial charge is 0.303 e. The number of hydrogen-bond donors (Lipinski definition) is 1. The number of nitrogens with one attached hydrogen (secondary N) is 1. The van der Waals surface area contributed by atoms with Crippen LogP contribution in [0.15, 0.2) is 29.2 Å². The van der Waals surface area contributed by atoms with Crippen LogP contribution in [0, 0.1) is 0 Å². The Morgan fingerprint density at radius 3 is 2.22 bits per heavy atom. The van der Waals surface area contributed by atoms with Gasteiger partial charge in [-0.05, 0) is 37.1 Å². The van der Waals surface area contributed by atoms with Crippen molar-refractivity contribution in [3.8, 4) is 0 Å². The first kappa shape index (κ1) is 24.0. The fourth-order valence-corrected chi connectivity index (χ4v) is 4.07. The average Bonchev–Trinajstić information content (AvgIpc) is 2.63. The molecule has 0 aromatic heterocycles. The van der Waals surface area contributed by atoms with E-state index in [-0.39, 0.29) is 18.1 Å². The molecule has 27 heavy (non-hydrogen) atoms. The van der Waals surface area contributed by atoms with Crippen molar-refractivity contribution in [1.29, 1.82) is 0 Å². The molecule has 0 fully saturated rings. The Morgan fingerprint density at radius 2 is 1.67 bits per heavy atom. The van der Waals surface area contributed by atoms with Crippen molar-refractivity contribution in [2.24, 2.45) is 0 Å². The molecule has 1 aromatic rings. The molecule has 0 aliphatic heterocycles. The van der Waals surface area contributed by atoms with E-state index in [1.54, 1.807) is 0 Å². The first-order valence-corrected chi connectivity index (χ1v) is 11.5. The highest BCUT2D eigenvalue weighted by atomic mass is 32.2. The number of benzene rings is 1. The first-order valence-electron chi connectivity index (χ1n) is 10.6. The van der Waals surface area contributed by atoms with Crippen molar-refractivity contribution < 1.29 is 9.53 Å². The second kappa shape index (κ2) is 14.1. The van der Waals surface area contributed by atoms with E-state index in [0.29, 0.717) is 5.25 Å². The zero-order valence-electron chi connectivity index (χ0n) is 17.9. The van der Waals surface area contributed by atoms with E-state index in [1.807, 2.05) is 11.8 Å². The lowest BCUT2D eigenvalue weighted by Crippen LogP contribution is -2.37. The van der Waals surface area contributed by atoms with Gasteiger partial charge in [0.1, 0.15) is 6.10 Å². The van der Waals surface area contributed by atoms with Gasteiger partial charge in [0.15, 0.2) is 0 Å². The van der Waals surface area contributed by atoms with Crippen LogP contribution < -0.4 is 5.32 Å². The number of carbonyl (C=O) groups excluding carboxylic acids is 1. The Balaban J connectivity index is 2.65. The maximum atomic E-state index is 11.7. The van der Waals surface area contributed by atoms with Gasteiger partial charge < -0.3 is 10.1 Å². The van der Waals surface area contributed by atoms with Crippen LogP contribution >= 0.6 is 11.8 Å². The summed E-state index contributed by atoms with van der Waals surface area (Å²) in [5, 5.41) is 4.19. The van der Waals surface area contributed by atoms with Crippen LogP contribution in [0.25, 0.3) is 0 Å². The summed E-state index contributed by atoms with van der Waals surface area (Å²) in [7, 11) is 0. The molecule has 2 atom stereocenters. The van der Waals surface area contributed by atoms with Gasteiger partial charge in [-0.15, -0.1) is 11.8 Å². The van der Waals surface area contributed by atoms with Crippen LogP contribution in [0.2, 0.25) is 0 Å². The maximum Gasteiger partial charge on any atom is 0.303 e. The normalized spacial score (nSPS) is 13.6. The molecule has 2 unspecified atom stereocenters. The SMILES string of the molecule is CCCCCCCCNC(CC)C(OC(C)=O)c1ccc(SC(C)C)cc1. The highest BCUT2D eigenvalue weighted by Crippen LogP contribution is 2.28. The second-order valence-corrected chi connectivity index (χ2v) is 9.15. The van der Waals surface area contributed by atoms with Crippen LogP contribution in [0.4, 0.5) is 0 Å². The Morgan fingerprint density at radius 1 is 1.04 bits per heavy atom. The maximum absolute atomic E-state index is 11.7.